The van der Waals surface area contributed by atoms with Crippen LogP contribution in [-0.2, 0) is 9.53 Å². The van der Waals surface area contributed by atoms with E-state index in [1.165, 1.54) is 7.11 Å². The van der Waals surface area contributed by atoms with Crippen molar-refractivity contribution in [2.24, 2.45) is 0 Å². The summed E-state index contributed by atoms with van der Waals surface area (Å²) in [7, 11) is 1.31. The Balaban J connectivity index is 0.00000103. The van der Waals surface area contributed by atoms with Crippen LogP contribution in [0, 0.1) is 6.92 Å². The minimum absolute atomic E-state index is 0.133. The van der Waals surface area contributed by atoms with Crippen LogP contribution < -0.4 is 5.32 Å². The molecule has 2 aromatic rings. The molecule has 30 heavy (non-hydrogen) atoms. The van der Waals surface area contributed by atoms with Gasteiger partial charge in [-0.2, -0.15) is 0 Å². The van der Waals surface area contributed by atoms with Crippen molar-refractivity contribution in [2.75, 3.05) is 25.5 Å². The lowest BCUT2D eigenvalue weighted by atomic mass is 10.1. The summed E-state index contributed by atoms with van der Waals surface area (Å²) in [5.74, 6) is -0.133. The van der Waals surface area contributed by atoms with E-state index in [1.807, 2.05) is 37.3 Å². The number of halogens is 2. The van der Waals surface area contributed by atoms with Crippen LogP contribution in [0.4, 0.5) is 5.69 Å². The molecule has 0 saturated carbocycles. The first-order chi connectivity index (χ1) is 14.4. The molecule has 0 aliphatic carbocycles. The van der Waals surface area contributed by atoms with Crippen molar-refractivity contribution in [3.8, 4) is 0 Å². The Labute approximate surface area is 196 Å². The minimum atomic E-state index is -0.133. The average Bonchev–Trinajstić information content (AvgIpc) is 2.72. The molecule has 1 N–H and O–H groups in total. The zero-order chi connectivity index (χ0) is 22.5. The Bertz CT molecular complexity index is 830. The molecule has 0 unspecified atom stereocenters. The van der Waals surface area contributed by atoms with E-state index < -0.39 is 0 Å². The van der Waals surface area contributed by atoms with Crippen LogP contribution in [0.5, 0.6) is 0 Å². The van der Waals surface area contributed by atoms with Crippen molar-refractivity contribution in [2.45, 2.75) is 38.5 Å². The van der Waals surface area contributed by atoms with Gasteiger partial charge in [-0.3, -0.25) is 9.59 Å². The largest absolute Gasteiger partial charge is 0.471 e. The molecule has 2 rings (SSSR count). The summed E-state index contributed by atoms with van der Waals surface area (Å²) in [6.45, 7) is 8.76. The van der Waals surface area contributed by atoms with Gasteiger partial charge >= 0.3 is 0 Å². The second kappa shape index (κ2) is 14.5. The molecular formula is C22H28BrClN2O3S. The number of nitrogens with zero attached hydrogens (tertiary/aromatic N) is 1. The first-order valence-electron chi connectivity index (χ1n) is 9.62. The number of carbonyl (C=O) groups excluding carboxylic acids is 2. The van der Waals surface area contributed by atoms with Gasteiger partial charge in [-0.15, -0.1) is 0 Å². The van der Waals surface area contributed by atoms with E-state index in [1.54, 1.807) is 18.0 Å². The lowest BCUT2D eigenvalue weighted by molar-refractivity contribution is -0.126. The van der Waals surface area contributed by atoms with Crippen LogP contribution >= 0.6 is 39.5 Å². The van der Waals surface area contributed by atoms with E-state index in [4.69, 9.17) is 16.4 Å². The number of ether oxygens (including phenoxy) is 1. The highest BCUT2D eigenvalue weighted by Crippen LogP contribution is 2.31. The van der Waals surface area contributed by atoms with Crippen LogP contribution in [0.1, 0.15) is 42.6 Å². The third-order valence-corrected chi connectivity index (χ3v) is 6.23. The highest BCUT2D eigenvalue weighted by molar-refractivity contribution is 9.10. The van der Waals surface area contributed by atoms with Gasteiger partial charge in [-0.1, -0.05) is 25.4 Å². The molecule has 1 amide bonds. The van der Waals surface area contributed by atoms with Gasteiger partial charge in [0, 0.05) is 38.7 Å². The van der Waals surface area contributed by atoms with Crippen LogP contribution in [-0.4, -0.2) is 36.9 Å². The quantitative estimate of drug-likeness (QED) is 0.302. The van der Waals surface area contributed by atoms with E-state index in [0.717, 1.165) is 46.6 Å². The number of amides is 1. The number of rotatable bonds is 9. The zero-order valence-corrected chi connectivity index (χ0v) is 20.9. The molecule has 0 bridgehead atoms. The van der Waals surface area contributed by atoms with E-state index >= 15 is 0 Å². The molecule has 0 radical (unpaired) electrons. The van der Waals surface area contributed by atoms with Gasteiger partial charge in [0.25, 0.3) is 12.4 Å². The Morgan fingerprint density at radius 1 is 1.20 bits per heavy atom. The topological polar surface area (TPSA) is 58.6 Å². The molecule has 8 heteroatoms. The average molecular weight is 516 g/mol. The molecule has 0 saturated heterocycles. The number of nitrogens with one attached hydrogen (secondary N) is 1. The maximum absolute atomic E-state index is 12.6. The fourth-order valence-corrected chi connectivity index (χ4v) is 4.44. The zero-order valence-electron chi connectivity index (χ0n) is 17.7. The number of anilines is 1. The summed E-state index contributed by atoms with van der Waals surface area (Å²) in [6.07, 6.45) is 2.23. The highest BCUT2D eigenvalue weighted by atomic mass is 79.9. The third kappa shape index (κ3) is 9.08. The van der Waals surface area contributed by atoms with Crippen molar-refractivity contribution in [3.05, 3.63) is 57.0 Å². The first-order valence-corrected chi connectivity index (χ1v) is 11.6. The lowest BCUT2D eigenvalue weighted by Crippen LogP contribution is -2.17. The van der Waals surface area contributed by atoms with Crippen LogP contribution in [0.25, 0.3) is 0 Å². The fourth-order valence-electron chi connectivity index (χ4n) is 2.52. The van der Waals surface area contributed by atoms with Crippen LogP contribution in [0.2, 0.25) is 5.02 Å². The van der Waals surface area contributed by atoms with Gasteiger partial charge in [-0.05, 0) is 89.6 Å². The smallest absolute Gasteiger partial charge is 0.292 e. The monoisotopic (exact) mass is 514 g/mol. The van der Waals surface area contributed by atoms with Crippen LogP contribution in [0.15, 0.2) is 45.8 Å². The molecule has 5 nitrogen and oxygen atoms in total. The predicted molar refractivity (Wildman–Crippen MR) is 129 cm³/mol. The van der Waals surface area contributed by atoms with E-state index in [-0.39, 0.29) is 5.91 Å². The SMILES string of the molecule is CCCN(CCC)Sc1ccc(C(=O)Nc2ccc(Cl)cc2C)cc1Br.COC=O. The van der Waals surface area contributed by atoms with Crippen molar-refractivity contribution in [3.63, 3.8) is 0 Å². The molecule has 0 heterocycles. The highest BCUT2D eigenvalue weighted by Gasteiger charge is 2.13. The van der Waals surface area contributed by atoms with Gasteiger partial charge < -0.3 is 10.1 Å². The molecule has 0 aromatic heterocycles. The summed E-state index contributed by atoms with van der Waals surface area (Å²) in [6, 6.07) is 11.2. The van der Waals surface area contributed by atoms with Crippen molar-refractivity contribution >= 4 is 57.5 Å². The second-order valence-corrected chi connectivity index (χ2v) is 8.84. The molecule has 2 aromatic carbocycles. The number of hydrogen-bond donors (Lipinski definition) is 1. The Morgan fingerprint density at radius 2 is 1.83 bits per heavy atom. The summed E-state index contributed by atoms with van der Waals surface area (Å²) in [5, 5.41) is 3.61. The fraction of sp³-hybridized carbons (Fsp3) is 0.364. The van der Waals surface area contributed by atoms with E-state index in [9.17, 15) is 4.79 Å². The molecule has 0 atom stereocenters. The number of methoxy groups -OCH3 is 1. The molecule has 0 aliphatic heterocycles. The maximum Gasteiger partial charge on any atom is 0.292 e. The standard InChI is InChI=1S/C20H24BrClN2OS.C2H4O2/c1-4-10-24(11-5-2)26-19-9-6-15(13-17(19)21)20(25)23-18-8-7-16(22)12-14(18)3;1-4-2-3/h6-9,12-13H,4-5,10-11H2,1-3H3,(H,23,25);2H,1H3. The van der Waals surface area contributed by atoms with Crippen LogP contribution in [0.3, 0.4) is 0 Å². The number of hydrogen-bond acceptors (Lipinski definition) is 5. The Hall–Kier alpha value is -1.54. The Kier molecular flexibility index (Phi) is 12.8. The molecule has 164 valence electrons. The van der Waals surface area contributed by atoms with Crippen molar-refractivity contribution in [1.29, 1.82) is 0 Å². The van der Waals surface area contributed by atoms with E-state index in [0.29, 0.717) is 17.1 Å². The van der Waals surface area contributed by atoms with Gasteiger partial charge in [-0.25, -0.2) is 4.31 Å². The second-order valence-electron chi connectivity index (χ2n) is 6.41. The first kappa shape index (κ1) is 26.5. The molecule has 0 aliphatic rings. The van der Waals surface area contributed by atoms with Gasteiger partial charge in [0.15, 0.2) is 0 Å². The number of aryl methyl sites for hydroxylation is 1. The third-order valence-electron chi connectivity index (χ3n) is 3.90. The number of benzene rings is 2. The summed E-state index contributed by atoms with van der Waals surface area (Å²) in [5.41, 5.74) is 2.33. The summed E-state index contributed by atoms with van der Waals surface area (Å²) < 4.78 is 7.15. The summed E-state index contributed by atoms with van der Waals surface area (Å²) >= 11 is 11.3. The Morgan fingerprint density at radius 3 is 2.33 bits per heavy atom. The lowest BCUT2D eigenvalue weighted by Gasteiger charge is -2.20. The van der Waals surface area contributed by atoms with Gasteiger partial charge in [0.1, 0.15) is 0 Å². The molecule has 0 fully saturated rings. The van der Waals surface area contributed by atoms with Crippen molar-refractivity contribution < 1.29 is 14.3 Å². The van der Waals surface area contributed by atoms with E-state index in [2.05, 4.69) is 44.1 Å². The summed E-state index contributed by atoms with van der Waals surface area (Å²) in [4.78, 5) is 22.6. The van der Waals surface area contributed by atoms with Gasteiger partial charge in [0.05, 0.1) is 7.11 Å². The predicted octanol–water partition coefficient (Wildman–Crippen LogP) is 6.58. The van der Waals surface area contributed by atoms with Gasteiger partial charge in [0.2, 0.25) is 0 Å². The minimum Gasteiger partial charge on any atom is -0.471 e. The maximum atomic E-state index is 12.6. The molecule has 0 spiro atoms. The van der Waals surface area contributed by atoms with Crippen molar-refractivity contribution in [1.82, 2.24) is 4.31 Å². The molecular weight excluding hydrogens is 488 g/mol. The normalized spacial score (nSPS) is 10.2. The number of carbonyl (C=O) groups is 2.